The summed E-state index contributed by atoms with van der Waals surface area (Å²) in [6.45, 7) is 0.665. The zero-order chi connectivity index (χ0) is 22.6. The third-order valence-electron chi connectivity index (χ3n) is 5.39. The number of amides is 1. The van der Waals surface area contributed by atoms with E-state index < -0.39 is 22.0 Å². The first-order chi connectivity index (χ1) is 15.5. The van der Waals surface area contributed by atoms with E-state index in [9.17, 15) is 13.2 Å². The Morgan fingerprint density at radius 3 is 2.78 bits per heavy atom. The molecule has 1 aliphatic rings. The van der Waals surface area contributed by atoms with E-state index in [0.29, 0.717) is 31.0 Å². The van der Waals surface area contributed by atoms with E-state index in [0.717, 1.165) is 18.4 Å². The van der Waals surface area contributed by atoms with Crippen LogP contribution in [0.2, 0.25) is 0 Å². The predicted octanol–water partition coefficient (Wildman–Crippen LogP) is 2.92. The lowest BCUT2D eigenvalue weighted by Gasteiger charge is -2.33. The number of carbonyl (C=O) groups is 1. The number of piperidine rings is 1. The third kappa shape index (κ3) is 4.66. The Labute approximate surface area is 186 Å². The summed E-state index contributed by atoms with van der Waals surface area (Å²) in [7, 11) is -2.23. The van der Waals surface area contributed by atoms with Crippen molar-refractivity contribution in [1.29, 1.82) is 0 Å². The topological polar surface area (TPSA) is 115 Å². The van der Waals surface area contributed by atoms with Crippen LogP contribution in [0.5, 0.6) is 5.75 Å². The number of aromatic nitrogens is 2. The van der Waals surface area contributed by atoms with Crippen molar-refractivity contribution in [3.63, 3.8) is 0 Å². The Balaban J connectivity index is 1.51. The molecule has 0 radical (unpaired) electrons. The van der Waals surface area contributed by atoms with Crippen LogP contribution in [0, 0.1) is 0 Å². The van der Waals surface area contributed by atoms with Gasteiger partial charge in [-0.2, -0.15) is 4.31 Å². The summed E-state index contributed by atoms with van der Waals surface area (Å²) in [5.41, 5.74) is 0.963. The molecule has 1 aromatic carbocycles. The van der Waals surface area contributed by atoms with Crippen LogP contribution in [0.25, 0.3) is 0 Å². The van der Waals surface area contributed by atoms with Gasteiger partial charge in [0.05, 0.1) is 18.0 Å². The van der Waals surface area contributed by atoms with Gasteiger partial charge in [0.2, 0.25) is 10.0 Å². The highest BCUT2D eigenvalue weighted by Gasteiger charge is 2.37. The number of benzene rings is 1. The highest BCUT2D eigenvalue weighted by atomic mass is 32.2. The molecule has 3 aromatic rings. The molecule has 1 fully saturated rings. The van der Waals surface area contributed by atoms with Gasteiger partial charge < -0.3 is 14.6 Å². The SMILES string of the molecule is COc1ccc(S(=O)(=O)N2CCCCC2c2cc(C(=O)NCc3cccnc3)no2)cc1. The molecule has 2 aromatic heterocycles. The number of carbonyl (C=O) groups excluding carboxylic acids is 1. The molecule has 1 aliphatic heterocycles. The van der Waals surface area contributed by atoms with Crippen molar-refractivity contribution in [3.8, 4) is 5.75 Å². The van der Waals surface area contributed by atoms with E-state index in [1.54, 1.807) is 30.6 Å². The Hall–Kier alpha value is -3.24. The molecular formula is C22H24N4O5S. The summed E-state index contributed by atoms with van der Waals surface area (Å²) < 4.78 is 38.6. The molecule has 1 amide bonds. The van der Waals surface area contributed by atoms with Gasteiger partial charge in [-0.15, -0.1) is 0 Å². The van der Waals surface area contributed by atoms with E-state index in [-0.39, 0.29) is 10.6 Å². The standard InChI is InChI=1S/C22H24N4O5S/c1-30-17-7-9-18(10-8-17)32(28,29)26-12-3-2-6-20(26)21-13-19(25-31-21)22(27)24-15-16-5-4-11-23-14-16/h4-5,7-11,13-14,20H,2-3,6,12,15H2,1H3,(H,24,27). The minimum absolute atomic E-state index is 0.108. The molecule has 4 rings (SSSR count). The number of hydrogen-bond donors (Lipinski definition) is 1. The van der Waals surface area contributed by atoms with Crippen molar-refractivity contribution in [1.82, 2.24) is 19.8 Å². The number of ether oxygens (including phenoxy) is 1. The molecule has 3 heterocycles. The summed E-state index contributed by atoms with van der Waals surface area (Å²) in [6.07, 6.45) is 5.51. The number of sulfonamides is 1. The first-order valence-electron chi connectivity index (χ1n) is 10.3. The van der Waals surface area contributed by atoms with Crippen LogP contribution in [-0.2, 0) is 16.6 Å². The minimum atomic E-state index is -3.76. The molecule has 32 heavy (non-hydrogen) atoms. The van der Waals surface area contributed by atoms with Gasteiger partial charge in [-0.25, -0.2) is 8.42 Å². The lowest BCUT2D eigenvalue weighted by Crippen LogP contribution is -2.38. The zero-order valence-electron chi connectivity index (χ0n) is 17.6. The van der Waals surface area contributed by atoms with Crippen LogP contribution in [-0.4, -0.2) is 42.4 Å². The maximum atomic E-state index is 13.3. The van der Waals surface area contributed by atoms with E-state index >= 15 is 0 Å². The van der Waals surface area contributed by atoms with Crippen LogP contribution in [0.1, 0.15) is 47.1 Å². The number of nitrogens with one attached hydrogen (secondary N) is 1. The second-order valence-electron chi connectivity index (χ2n) is 7.46. The molecule has 10 heteroatoms. The average molecular weight is 457 g/mol. The van der Waals surface area contributed by atoms with E-state index in [2.05, 4.69) is 15.5 Å². The number of hydrogen-bond acceptors (Lipinski definition) is 7. The summed E-state index contributed by atoms with van der Waals surface area (Å²) in [5, 5.41) is 6.64. The largest absolute Gasteiger partial charge is 0.497 e. The lowest BCUT2D eigenvalue weighted by atomic mass is 10.0. The van der Waals surface area contributed by atoms with Crippen LogP contribution in [0.3, 0.4) is 0 Å². The Morgan fingerprint density at radius 1 is 1.25 bits per heavy atom. The Bertz CT molecular complexity index is 1160. The van der Waals surface area contributed by atoms with E-state index in [4.69, 9.17) is 9.26 Å². The first kappa shape index (κ1) is 22.0. The second kappa shape index (κ2) is 9.49. The summed E-state index contributed by atoms with van der Waals surface area (Å²) >= 11 is 0. The number of methoxy groups -OCH3 is 1. The number of pyridine rings is 1. The van der Waals surface area contributed by atoms with Crippen molar-refractivity contribution in [2.45, 2.75) is 36.7 Å². The summed E-state index contributed by atoms with van der Waals surface area (Å²) in [5.74, 6) is 0.536. The molecule has 168 valence electrons. The Kier molecular flexibility index (Phi) is 6.52. The maximum absolute atomic E-state index is 13.3. The highest BCUT2D eigenvalue weighted by molar-refractivity contribution is 7.89. The summed E-state index contributed by atoms with van der Waals surface area (Å²) in [6, 6.07) is 10.9. The van der Waals surface area contributed by atoms with Crippen LogP contribution < -0.4 is 10.1 Å². The van der Waals surface area contributed by atoms with Gasteiger partial charge >= 0.3 is 0 Å². The van der Waals surface area contributed by atoms with E-state index in [1.165, 1.54) is 29.6 Å². The molecule has 1 saturated heterocycles. The van der Waals surface area contributed by atoms with Crippen LogP contribution in [0.4, 0.5) is 0 Å². The van der Waals surface area contributed by atoms with Crippen molar-refractivity contribution in [2.24, 2.45) is 0 Å². The second-order valence-corrected chi connectivity index (χ2v) is 9.35. The molecule has 0 saturated carbocycles. The monoisotopic (exact) mass is 456 g/mol. The molecule has 0 aliphatic carbocycles. The van der Waals surface area contributed by atoms with Gasteiger partial charge in [0.1, 0.15) is 5.75 Å². The van der Waals surface area contributed by atoms with Crippen molar-refractivity contribution >= 4 is 15.9 Å². The van der Waals surface area contributed by atoms with Gasteiger partial charge in [0.25, 0.3) is 5.91 Å². The van der Waals surface area contributed by atoms with Crippen molar-refractivity contribution in [3.05, 3.63) is 71.9 Å². The van der Waals surface area contributed by atoms with Crippen LogP contribution >= 0.6 is 0 Å². The normalized spacial score (nSPS) is 17.1. The lowest BCUT2D eigenvalue weighted by molar-refractivity contribution is 0.0941. The Morgan fingerprint density at radius 2 is 2.06 bits per heavy atom. The van der Waals surface area contributed by atoms with E-state index in [1.807, 2.05) is 6.07 Å². The number of rotatable bonds is 7. The van der Waals surface area contributed by atoms with Gasteiger partial charge in [-0.05, 0) is 48.7 Å². The smallest absolute Gasteiger partial charge is 0.273 e. The van der Waals surface area contributed by atoms with Crippen LogP contribution in [0.15, 0.2) is 64.3 Å². The quantitative estimate of drug-likeness (QED) is 0.581. The zero-order valence-corrected chi connectivity index (χ0v) is 18.4. The summed E-state index contributed by atoms with van der Waals surface area (Å²) in [4.78, 5) is 16.7. The molecular weight excluding hydrogens is 432 g/mol. The third-order valence-corrected chi connectivity index (χ3v) is 7.31. The molecule has 1 unspecified atom stereocenters. The highest BCUT2D eigenvalue weighted by Crippen LogP contribution is 2.36. The average Bonchev–Trinajstić information content (AvgIpc) is 3.33. The molecule has 1 atom stereocenters. The molecule has 1 N–H and O–H groups in total. The van der Waals surface area contributed by atoms with Crippen molar-refractivity contribution in [2.75, 3.05) is 13.7 Å². The van der Waals surface area contributed by atoms with Gasteiger partial charge in [0, 0.05) is 31.5 Å². The van der Waals surface area contributed by atoms with Gasteiger partial charge in [0.15, 0.2) is 11.5 Å². The molecule has 0 spiro atoms. The molecule has 0 bridgehead atoms. The van der Waals surface area contributed by atoms with Gasteiger partial charge in [-0.3, -0.25) is 9.78 Å². The van der Waals surface area contributed by atoms with Gasteiger partial charge in [-0.1, -0.05) is 17.6 Å². The fourth-order valence-electron chi connectivity index (χ4n) is 3.69. The fraction of sp³-hybridized carbons (Fsp3) is 0.318. The fourth-order valence-corrected chi connectivity index (χ4v) is 5.35. The van der Waals surface area contributed by atoms with Crippen molar-refractivity contribution < 1.29 is 22.5 Å². The molecule has 9 nitrogen and oxygen atoms in total. The maximum Gasteiger partial charge on any atom is 0.273 e. The predicted molar refractivity (Wildman–Crippen MR) is 115 cm³/mol. The first-order valence-corrected chi connectivity index (χ1v) is 11.7. The number of nitrogens with zero attached hydrogens (tertiary/aromatic N) is 3. The minimum Gasteiger partial charge on any atom is -0.497 e.